The van der Waals surface area contributed by atoms with Gasteiger partial charge >= 0.3 is 0 Å². The number of likely N-dealkylation sites (tertiary alicyclic amines) is 1. The summed E-state index contributed by atoms with van der Waals surface area (Å²) in [5.74, 6) is 0.685. The maximum absolute atomic E-state index is 6.11. The average molecular weight is 346 g/mol. The number of benzene rings is 1. The highest BCUT2D eigenvalue weighted by Gasteiger charge is 2.34. The third-order valence-corrected chi connectivity index (χ3v) is 5.10. The van der Waals surface area contributed by atoms with Gasteiger partial charge in [0.15, 0.2) is 0 Å². The van der Waals surface area contributed by atoms with Crippen LogP contribution in [0.3, 0.4) is 0 Å². The number of nitrogens with one attached hydrogen (secondary N) is 1. The van der Waals surface area contributed by atoms with Crippen molar-refractivity contribution in [2.24, 2.45) is 5.92 Å². The molecule has 1 aliphatic rings. The standard InChI is InChI=1S/C15H22BrClN2/c1-3-7-19-8-6-12(10-18-2)15(19)11-4-5-14(17)13(16)9-11/h4-5,9,12,15,18H,3,6-8,10H2,1-2H3. The number of halogens is 2. The molecule has 1 aromatic carbocycles. The van der Waals surface area contributed by atoms with Gasteiger partial charge in [0.2, 0.25) is 0 Å². The van der Waals surface area contributed by atoms with Gasteiger partial charge in [-0.25, -0.2) is 0 Å². The smallest absolute Gasteiger partial charge is 0.0548 e. The predicted molar refractivity (Wildman–Crippen MR) is 85.8 cm³/mol. The quantitative estimate of drug-likeness (QED) is 0.864. The molecule has 0 aliphatic carbocycles. The highest BCUT2D eigenvalue weighted by Crippen LogP contribution is 2.38. The lowest BCUT2D eigenvalue weighted by molar-refractivity contribution is 0.227. The van der Waals surface area contributed by atoms with E-state index in [1.54, 1.807) is 0 Å². The Balaban J connectivity index is 2.26. The van der Waals surface area contributed by atoms with Gasteiger partial charge in [-0.05, 0) is 79.1 Å². The summed E-state index contributed by atoms with van der Waals surface area (Å²) in [4.78, 5) is 2.61. The Morgan fingerprint density at radius 2 is 2.26 bits per heavy atom. The fraction of sp³-hybridized carbons (Fsp3) is 0.600. The Labute approximate surface area is 129 Å². The molecule has 2 atom stereocenters. The van der Waals surface area contributed by atoms with Gasteiger partial charge in [-0.15, -0.1) is 0 Å². The van der Waals surface area contributed by atoms with Crippen LogP contribution in [0.5, 0.6) is 0 Å². The van der Waals surface area contributed by atoms with Crippen molar-refractivity contribution in [2.75, 3.05) is 26.7 Å². The van der Waals surface area contributed by atoms with Gasteiger partial charge in [-0.3, -0.25) is 4.90 Å². The molecule has 106 valence electrons. The van der Waals surface area contributed by atoms with E-state index in [0.29, 0.717) is 12.0 Å². The molecule has 2 unspecified atom stereocenters. The van der Waals surface area contributed by atoms with Crippen LogP contribution in [0, 0.1) is 5.92 Å². The minimum atomic E-state index is 0.515. The molecule has 1 heterocycles. The zero-order chi connectivity index (χ0) is 13.8. The van der Waals surface area contributed by atoms with Crippen LogP contribution >= 0.6 is 27.5 Å². The van der Waals surface area contributed by atoms with E-state index < -0.39 is 0 Å². The van der Waals surface area contributed by atoms with Crippen LogP contribution in [0.2, 0.25) is 5.02 Å². The van der Waals surface area contributed by atoms with Crippen molar-refractivity contribution in [1.29, 1.82) is 0 Å². The summed E-state index contributed by atoms with van der Waals surface area (Å²) in [7, 11) is 2.04. The molecule has 2 nitrogen and oxygen atoms in total. The molecule has 2 rings (SSSR count). The molecule has 0 bridgehead atoms. The number of nitrogens with zero attached hydrogens (tertiary/aromatic N) is 1. The van der Waals surface area contributed by atoms with E-state index in [2.05, 4.69) is 45.2 Å². The van der Waals surface area contributed by atoms with Crippen molar-refractivity contribution >= 4 is 27.5 Å². The van der Waals surface area contributed by atoms with Crippen molar-refractivity contribution in [3.8, 4) is 0 Å². The largest absolute Gasteiger partial charge is 0.319 e. The molecule has 0 aromatic heterocycles. The molecule has 1 aromatic rings. The first kappa shape index (κ1) is 15.3. The zero-order valence-corrected chi connectivity index (χ0v) is 14.0. The van der Waals surface area contributed by atoms with Crippen LogP contribution in [0.4, 0.5) is 0 Å². The summed E-state index contributed by atoms with van der Waals surface area (Å²) >= 11 is 9.65. The molecule has 0 spiro atoms. The fourth-order valence-electron chi connectivity index (χ4n) is 3.12. The Kier molecular flexibility index (Phi) is 5.70. The normalized spacial score (nSPS) is 24.0. The van der Waals surface area contributed by atoms with E-state index in [4.69, 9.17) is 11.6 Å². The van der Waals surface area contributed by atoms with Gasteiger partial charge < -0.3 is 5.32 Å². The molecule has 4 heteroatoms. The first-order valence-electron chi connectivity index (χ1n) is 7.01. The first-order valence-corrected chi connectivity index (χ1v) is 8.18. The molecule has 0 amide bonds. The van der Waals surface area contributed by atoms with Gasteiger partial charge in [0, 0.05) is 10.5 Å². The number of hydrogen-bond acceptors (Lipinski definition) is 2. The minimum Gasteiger partial charge on any atom is -0.319 e. The maximum Gasteiger partial charge on any atom is 0.0548 e. The molecule has 1 saturated heterocycles. The van der Waals surface area contributed by atoms with Gasteiger partial charge in [0.1, 0.15) is 0 Å². The van der Waals surface area contributed by atoms with E-state index in [0.717, 1.165) is 16.0 Å². The van der Waals surface area contributed by atoms with E-state index in [9.17, 15) is 0 Å². The van der Waals surface area contributed by atoms with Crippen LogP contribution in [0.1, 0.15) is 31.4 Å². The SMILES string of the molecule is CCCN1CCC(CNC)C1c1ccc(Cl)c(Br)c1. The van der Waals surface area contributed by atoms with Crippen molar-refractivity contribution in [3.63, 3.8) is 0 Å². The van der Waals surface area contributed by atoms with Gasteiger partial charge in [-0.1, -0.05) is 24.6 Å². The van der Waals surface area contributed by atoms with Crippen LogP contribution in [0.25, 0.3) is 0 Å². The highest BCUT2D eigenvalue weighted by atomic mass is 79.9. The minimum absolute atomic E-state index is 0.515. The van der Waals surface area contributed by atoms with E-state index in [1.165, 1.54) is 31.5 Å². The highest BCUT2D eigenvalue weighted by molar-refractivity contribution is 9.10. The fourth-order valence-corrected chi connectivity index (χ4v) is 3.63. The summed E-state index contributed by atoms with van der Waals surface area (Å²) < 4.78 is 0.998. The van der Waals surface area contributed by atoms with E-state index in [-0.39, 0.29) is 0 Å². The van der Waals surface area contributed by atoms with Crippen LogP contribution < -0.4 is 5.32 Å². The zero-order valence-electron chi connectivity index (χ0n) is 11.6. The number of rotatable bonds is 5. The van der Waals surface area contributed by atoms with Gasteiger partial charge in [-0.2, -0.15) is 0 Å². The summed E-state index contributed by atoms with van der Waals surface area (Å²) in [6.07, 6.45) is 2.48. The molecular weight excluding hydrogens is 324 g/mol. The third-order valence-electron chi connectivity index (χ3n) is 3.89. The Morgan fingerprint density at radius 3 is 2.89 bits per heavy atom. The van der Waals surface area contributed by atoms with Crippen LogP contribution in [-0.4, -0.2) is 31.6 Å². The van der Waals surface area contributed by atoms with Gasteiger partial charge in [0.25, 0.3) is 0 Å². The van der Waals surface area contributed by atoms with Crippen molar-refractivity contribution in [2.45, 2.75) is 25.8 Å². The summed E-state index contributed by atoms with van der Waals surface area (Å²) in [6.45, 7) is 5.70. The first-order chi connectivity index (χ1) is 9.17. The van der Waals surface area contributed by atoms with Gasteiger partial charge in [0.05, 0.1) is 5.02 Å². The predicted octanol–water partition coefficient (Wildman–Crippen LogP) is 4.09. The summed E-state index contributed by atoms with van der Waals surface area (Å²) in [6, 6.07) is 6.87. The lowest BCUT2D eigenvalue weighted by Gasteiger charge is -2.28. The molecule has 19 heavy (non-hydrogen) atoms. The maximum atomic E-state index is 6.11. The molecule has 1 aliphatic heterocycles. The molecule has 0 radical (unpaired) electrons. The lowest BCUT2D eigenvalue weighted by atomic mass is 9.93. The summed E-state index contributed by atoms with van der Waals surface area (Å²) in [5.41, 5.74) is 1.38. The topological polar surface area (TPSA) is 15.3 Å². The Bertz CT molecular complexity index is 411. The van der Waals surface area contributed by atoms with Crippen molar-refractivity contribution < 1.29 is 0 Å². The average Bonchev–Trinajstić information content (AvgIpc) is 2.77. The van der Waals surface area contributed by atoms with Crippen LogP contribution in [-0.2, 0) is 0 Å². The third kappa shape index (κ3) is 3.52. The molecular formula is C15H22BrClN2. The second-order valence-electron chi connectivity index (χ2n) is 5.26. The Morgan fingerprint density at radius 1 is 1.47 bits per heavy atom. The second-order valence-corrected chi connectivity index (χ2v) is 6.52. The van der Waals surface area contributed by atoms with Crippen molar-refractivity contribution in [1.82, 2.24) is 10.2 Å². The van der Waals surface area contributed by atoms with E-state index >= 15 is 0 Å². The molecule has 0 saturated carbocycles. The van der Waals surface area contributed by atoms with E-state index in [1.807, 2.05) is 13.1 Å². The monoisotopic (exact) mass is 344 g/mol. The van der Waals surface area contributed by atoms with Crippen molar-refractivity contribution in [3.05, 3.63) is 33.3 Å². The number of hydrogen-bond donors (Lipinski definition) is 1. The summed E-state index contributed by atoms with van der Waals surface area (Å²) in [5, 5.41) is 4.12. The Hall–Kier alpha value is -0.0900. The molecule has 1 fully saturated rings. The second kappa shape index (κ2) is 7.07. The lowest BCUT2D eigenvalue weighted by Crippen LogP contribution is -2.29. The van der Waals surface area contributed by atoms with Crippen LogP contribution in [0.15, 0.2) is 22.7 Å². The molecule has 1 N–H and O–H groups in total.